The molecule has 2 saturated heterocycles. The molecule has 0 aliphatic carbocycles. The molecule has 3 aliphatic heterocycles. The molecular weight excluding hydrogens is 500 g/mol. The summed E-state index contributed by atoms with van der Waals surface area (Å²) >= 11 is 0. The van der Waals surface area contributed by atoms with E-state index >= 15 is 0 Å². The number of ether oxygens (including phenoxy) is 1. The lowest BCUT2D eigenvalue weighted by atomic mass is 10.00. The molecular formula is C28H42N6O5. The molecule has 5 atom stereocenters. The number of nitrogens with zero attached hydrogens (tertiary/aromatic N) is 2. The van der Waals surface area contributed by atoms with Crippen LogP contribution in [0.15, 0.2) is 24.3 Å². The van der Waals surface area contributed by atoms with Crippen molar-refractivity contribution in [2.45, 2.75) is 76.7 Å². The molecule has 4 rings (SSSR count). The van der Waals surface area contributed by atoms with Crippen molar-refractivity contribution in [2.24, 2.45) is 5.92 Å². The summed E-state index contributed by atoms with van der Waals surface area (Å²) in [5, 5.41) is 11.8. The van der Waals surface area contributed by atoms with Crippen molar-refractivity contribution in [3.05, 3.63) is 29.8 Å². The molecule has 11 nitrogen and oxygen atoms in total. The molecule has 3 aliphatic rings. The van der Waals surface area contributed by atoms with Gasteiger partial charge in [0.1, 0.15) is 17.8 Å². The number of para-hydroxylation sites is 1. The van der Waals surface area contributed by atoms with Gasteiger partial charge in [-0.3, -0.25) is 14.4 Å². The number of fused-ring (bicyclic) bond motifs is 2. The Hall–Kier alpha value is -3.34. The van der Waals surface area contributed by atoms with Crippen molar-refractivity contribution in [3.63, 3.8) is 0 Å². The Balaban J connectivity index is 1.52. The summed E-state index contributed by atoms with van der Waals surface area (Å²) in [7, 11) is 1.55. The van der Waals surface area contributed by atoms with Crippen LogP contribution in [-0.2, 0) is 14.4 Å². The highest BCUT2D eigenvalue weighted by Gasteiger charge is 2.46. The van der Waals surface area contributed by atoms with Crippen LogP contribution in [0.4, 0.5) is 4.79 Å². The largest absolute Gasteiger partial charge is 0.493 e. The van der Waals surface area contributed by atoms with Gasteiger partial charge in [-0.1, -0.05) is 32.0 Å². The predicted octanol–water partition coefficient (Wildman–Crippen LogP) is 1.15. The van der Waals surface area contributed by atoms with Gasteiger partial charge in [0.25, 0.3) is 0 Å². The van der Waals surface area contributed by atoms with Gasteiger partial charge in [0.05, 0.1) is 25.2 Å². The number of hydrogen-bond acceptors (Lipinski definition) is 6. The van der Waals surface area contributed by atoms with E-state index < -0.39 is 18.1 Å². The summed E-state index contributed by atoms with van der Waals surface area (Å²) in [5.74, 6) is 0.274. The number of rotatable bonds is 7. The Morgan fingerprint density at radius 3 is 2.54 bits per heavy atom. The Bertz CT molecular complexity index is 1060. The summed E-state index contributed by atoms with van der Waals surface area (Å²) in [4.78, 5) is 56.4. The normalized spacial score (nSPS) is 25.5. The zero-order chi connectivity index (χ0) is 28.1. The fourth-order valence-corrected chi connectivity index (χ4v) is 5.64. The van der Waals surface area contributed by atoms with Crippen LogP contribution < -0.4 is 26.0 Å². The molecule has 11 heteroatoms. The molecule has 0 spiro atoms. The second-order valence-electron chi connectivity index (χ2n) is 11.1. The molecule has 3 heterocycles. The van der Waals surface area contributed by atoms with Crippen molar-refractivity contribution < 1.29 is 23.9 Å². The van der Waals surface area contributed by atoms with Crippen molar-refractivity contribution in [2.75, 3.05) is 33.3 Å². The fraction of sp³-hybridized carbons (Fsp3) is 0.643. The second-order valence-corrected chi connectivity index (χ2v) is 11.1. The van der Waals surface area contributed by atoms with Gasteiger partial charge >= 0.3 is 6.03 Å². The van der Waals surface area contributed by atoms with Gasteiger partial charge in [-0.05, 0) is 44.7 Å². The Morgan fingerprint density at radius 2 is 1.79 bits per heavy atom. The second kappa shape index (κ2) is 12.7. The van der Waals surface area contributed by atoms with Gasteiger partial charge in [-0.2, -0.15) is 0 Å². The molecule has 0 bridgehead atoms. The van der Waals surface area contributed by atoms with Crippen LogP contribution in [0, 0.1) is 5.92 Å². The fourth-order valence-electron chi connectivity index (χ4n) is 5.64. The quantitative estimate of drug-likeness (QED) is 0.409. The molecule has 0 aromatic heterocycles. The first-order chi connectivity index (χ1) is 18.7. The number of carbonyl (C=O) groups excluding carboxylic acids is 4. The predicted molar refractivity (Wildman–Crippen MR) is 146 cm³/mol. The molecule has 0 radical (unpaired) electrons. The van der Waals surface area contributed by atoms with E-state index in [0.717, 1.165) is 11.3 Å². The van der Waals surface area contributed by atoms with Gasteiger partial charge in [0.2, 0.25) is 17.7 Å². The van der Waals surface area contributed by atoms with Crippen LogP contribution >= 0.6 is 0 Å². The maximum absolute atomic E-state index is 14.0. The SMILES string of the molecule is CNC(=O)N1CC[C@H]2CC[C@@H](C(=O)N[C@@H]3CCOc4ccccc43)N2C(=O)[C@@H](NC(=O)[C@H](C)NCC(C)C)C1. The van der Waals surface area contributed by atoms with Crippen LogP contribution in [0.2, 0.25) is 0 Å². The maximum atomic E-state index is 14.0. The number of carbonyl (C=O) groups is 4. The van der Waals surface area contributed by atoms with E-state index in [0.29, 0.717) is 51.3 Å². The standard InChI is InChI=1S/C28H42N6O5/c1-17(2)15-30-18(3)25(35)32-22-16-33(28(38)29-4)13-11-19-9-10-23(34(19)27(22)37)26(36)31-21-12-14-39-24-8-6-5-7-20(21)24/h5-8,17-19,21-23,30H,9-16H2,1-4H3,(H,29,38)(H,31,36)(H,32,35)/t18-,19+,21+,22-,23-/m0/s1. The number of urea groups is 1. The van der Waals surface area contributed by atoms with Gasteiger partial charge in [-0.15, -0.1) is 0 Å². The summed E-state index contributed by atoms with van der Waals surface area (Å²) in [6.07, 6.45) is 2.40. The Kier molecular flexibility index (Phi) is 9.32. The maximum Gasteiger partial charge on any atom is 0.317 e. The molecule has 1 aromatic carbocycles. The lowest BCUT2D eigenvalue weighted by molar-refractivity contribution is -0.145. The lowest BCUT2D eigenvalue weighted by Crippen LogP contribution is -2.63. The van der Waals surface area contributed by atoms with Crippen LogP contribution in [0.5, 0.6) is 5.75 Å². The zero-order valence-corrected chi connectivity index (χ0v) is 23.4. The number of benzene rings is 1. The minimum Gasteiger partial charge on any atom is -0.493 e. The molecule has 0 saturated carbocycles. The van der Waals surface area contributed by atoms with Gasteiger partial charge in [-0.25, -0.2) is 4.79 Å². The minimum absolute atomic E-state index is 0.0338. The first kappa shape index (κ1) is 28.7. The molecule has 214 valence electrons. The van der Waals surface area contributed by atoms with E-state index in [9.17, 15) is 19.2 Å². The van der Waals surface area contributed by atoms with Gasteiger partial charge < -0.3 is 35.8 Å². The lowest BCUT2D eigenvalue weighted by Gasteiger charge is -2.39. The summed E-state index contributed by atoms with van der Waals surface area (Å²) in [5.41, 5.74) is 0.930. The molecule has 0 unspecified atom stereocenters. The van der Waals surface area contributed by atoms with Crippen LogP contribution in [0.25, 0.3) is 0 Å². The van der Waals surface area contributed by atoms with Crippen molar-refractivity contribution >= 4 is 23.8 Å². The smallest absolute Gasteiger partial charge is 0.317 e. The van der Waals surface area contributed by atoms with Crippen LogP contribution in [-0.4, -0.2) is 91.0 Å². The number of amides is 5. The molecule has 39 heavy (non-hydrogen) atoms. The highest BCUT2D eigenvalue weighted by molar-refractivity contribution is 5.94. The third kappa shape index (κ3) is 6.63. The molecule has 5 amide bonds. The van der Waals surface area contributed by atoms with Gasteiger partial charge in [0, 0.05) is 31.6 Å². The number of nitrogens with one attached hydrogen (secondary N) is 4. The van der Waals surface area contributed by atoms with Crippen LogP contribution in [0.1, 0.15) is 58.1 Å². The highest BCUT2D eigenvalue weighted by Crippen LogP contribution is 2.33. The van der Waals surface area contributed by atoms with Crippen molar-refractivity contribution in [3.8, 4) is 5.75 Å². The topological polar surface area (TPSA) is 132 Å². The van der Waals surface area contributed by atoms with Crippen molar-refractivity contribution in [1.29, 1.82) is 0 Å². The molecule has 1 aromatic rings. The van der Waals surface area contributed by atoms with E-state index in [-0.39, 0.29) is 42.4 Å². The van der Waals surface area contributed by atoms with E-state index in [4.69, 9.17) is 4.74 Å². The highest BCUT2D eigenvalue weighted by atomic mass is 16.5. The average molecular weight is 543 g/mol. The third-order valence-corrected chi connectivity index (χ3v) is 7.81. The third-order valence-electron chi connectivity index (χ3n) is 7.81. The zero-order valence-electron chi connectivity index (χ0n) is 23.4. The van der Waals surface area contributed by atoms with Crippen LogP contribution in [0.3, 0.4) is 0 Å². The first-order valence-corrected chi connectivity index (χ1v) is 14.0. The van der Waals surface area contributed by atoms with Gasteiger partial charge in [0.15, 0.2) is 0 Å². The average Bonchev–Trinajstić information content (AvgIpc) is 3.35. The summed E-state index contributed by atoms with van der Waals surface area (Å²) < 4.78 is 5.73. The van der Waals surface area contributed by atoms with Crippen molar-refractivity contribution in [1.82, 2.24) is 31.1 Å². The molecule has 2 fully saturated rings. The molecule has 4 N–H and O–H groups in total. The number of hydrogen-bond donors (Lipinski definition) is 4. The van der Waals surface area contributed by atoms with E-state index in [1.807, 2.05) is 24.3 Å². The monoisotopic (exact) mass is 542 g/mol. The summed E-state index contributed by atoms with van der Waals surface area (Å²) in [6.45, 7) is 7.47. The van der Waals surface area contributed by atoms with E-state index in [1.165, 1.54) is 0 Å². The first-order valence-electron chi connectivity index (χ1n) is 14.0. The van der Waals surface area contributed by atoms with E-state index in [2.05, 4.69) is 35.1 Å². The minimum atomic E-state index is -0.960. The van der Waals surface area contributed by atoms with E-state index in [1.54, 1.807) is 23.8 Å². The Labute approximate surface area is 230 Å². The summed E-state index contributed by atoms with van der Waals surface area (Å²) in [6, 6.07) is 4.86. The Morgan fingerprint density at radius 1 is 1.03 bits per heavy atom.